The van der Waals surface area contributed by atoms with Crippen LogP contribution < -0.4 is 4.72 Å². The van der Waals surface area contributed by atoms with Crippen LogP contribution in [-0.2, 0) is 19.6 Å². The van der Waals surface area contributed by atoms with E-state index >= 15 is 0 Å². The number of sulfonamides is 1. The Kier molecular flexibility index (Phi) is 6.08. The van der Waals surface area contributed by atoms with E-state index < -0.39 is 10.0 Å². The van der Waals surface area contributed by atoms with Gasteiger partial charge in [-0.05, 0) is 25.2 Å². The summed E-state index contributed by atoms with van der Waals surface area (Å²) in [5, 5.41) is 0. The Morgan fingerprint density at radius 2 is 2.00 bits per heavy atom. The highest BCUT2D eigenvalue weighted by Crippen LogP contribution is 2.24. The third-order valence-corrected chi connectivity index (χ3v) is 4.95. The lowest BCUT2D eigenvalue weighted by Crippen LogP contribution is -2.42. The normalized spacial score (nSPS) is 24.8. The second-order valence-electron chi connectivity index (χ2n) is 4.98. The van der Waals surface area contributed by atoms with Crippen molar-refractivity contribution in [3.63, 3.8) is 0 Å². The number of esters is 1. The summed E-state index contributed by atoms with van der Waals surface area (Å²) >= 11 is 0. The highest BCUT2D eigenvalue weighted by Gasteiger charge is 2.25. The monoisotopic (exact) mass is 277 g/mol. The molecule has 0 aliphatic heterocycles. The Hall–Kier alpha value is -0.620. The molecule has 5 nitrogen and oxygen atoms in total. The number of carbonyl (C=O) groups excluding carboxylic acids is 1. The van der Waals surface area contributed by atoms with Gasteiger partial charge in [-0.2, -0.15) is 0 Å². The summed E-state index contributed by atoms with van der Waals surface area (Å²) in [7, 11) is -1.97. The predicted octanol–water partition coefficient (Wildman–Crippen LogP) is 1.44. The molecular weight excluding hydrogens is 254 g/mol. The van der Waals surface area contributed by atoms with Crippen LogP contribution >= 0.6 is 0 Å². The third-order valence-electron chi connectivity index (χ3n) is 3.46. The molecule has 106 valence electrons. The maximum Gasteiger partial charge on any atom is 0.305 e. The minimum absolute atomic E-state index is 0.00861. The van der Waals surface area contributed by atoms with Gasteiger partial charge in [0.05, 0.1) is 12.9 Å². The molecule has 1 aliphatic rings. The van der Waals surface area contributed by atoms with Gasteiger partial charge >= 0.3 is 5.97 Å². The molecule has 0 amide bonds. The molecule has 0 heterocycles. The van der Waals surface area contributed by atoms with Crippen LogP contribution in [-0.4, -0.2) is 33.3 Å². The van der Waals surface area contributed by atoms with Gasteiger partial charge in [0, 0.05) is 12.5 Å². The molecule has 0 aromatic heterocycles. The van der Waals surface area contributed by atoms with Crippen LogP contribution in [0, 0.1) is 5.92 Å². The topological polar surface area (TPSA) is 72.5 Å². The van der Waals surface area contributed by atoms with Crippen LogP contribution in [0.25, 0.3) is 0 Å². The zero-order valence-corrected chi connectivity index (χ0v) is 12.0. The third kappa shape index (κ3) is 5.35. The standard InChI is InChI=1S/C12H23NO4S/c1-10-6-3-4-7-11(10)13-18(15,16)9-5-8-12(14)17-2/h10-11,13H,3-9H2,1-2H3. The highest BCUT2D eigenvalue weighted by atomic mass is 32.2. The van der Waals surface area contributed by atoms with Crippen LogP contribution in [0.2, 0.25) is 0 Å². The fourth-order valence-electron chi connectivity index (χ4n) is 2.29. The van der Waals surface area contributed by atoms with Crippen molar-refractivity contribution >= 4 is 16.0 Å². The lowest BCUT2D eigenvalue weighted by molar-refractivity contribution is -0.140. The maximum atomic E-state index is 11.9. The molecule has 6 heteroatoms. The number of ether oxygens (including phenoxy) is 1. The lowest BCUT2D eigenvalue weighted by Gasteiger charge is -2.29. The Labute approximate surface area is 109 Å². The van der Waals surface area contributed by atoms with Crippen LogP contribution in [0.1, 0.15) is 45.4 Å². The summed E-state index contributed by atoms with van der Waals surface area (Å²) in [6.07, 6.45) is 4.72. The van der Waals surface area contributed by atoms with E-state index in [4.69, 9.17) is 0 Å². The van der Waals surface area contributed by atoms with Gasteiger partial charge in [-0.3, -0.25) is 4.79 Å². The van der Waals surface area contributed by atoms with Crippen molar-refractivity contribution in [3.05, 3.63) is 0 Å². The summed E-state index contributed by atoms with van der Waals surface area (Å²) in [6, 6.07) is 0.0573. The number of carbonyl (C=O) groups is 1. The van der Waals surface area contributed by atoms with Crippen LogP contribution in [0.4, 0.5) is 0 Å². The highest BCUT2D eigenvalue weighted by molar-refractivity contribution is 7.89. The van der Waals surface area contributed by atoms with Crippen molar-refractivity contribution < 1.29 is 17.9 Å². The molecule has 0 aromatic carbocycles. The van der Waals surface area contributed by atoms with Gasteiger partial charge < -0.3 is 4.74 Å². The second-order valence-corrected chi connectivity index (χ2v) is 6.86. The van der Waals surface area contributed by atoms with Gasteiger partial charge in [0.15, 0.2) is 0 Å². The average molecular weight is 277 g/mol. The molecule has 0 spiro atoms. The quantitative estimate of drug-likeness (QED) is 0.746. The molecule has 1 fully saturated rings. The maximum absolute atomic E-state index is 11.9. The van der Waals surface area contributed by atoms with E-state index in [1.807, 2.05) is 0 Å². The van der Waals surface area contributed by atoms with Gasteiger partial charge in [0.1, 0.15) is 0 Å². The van der Waals surface area contributed by atoms with E-state index in [0.717, 1.165) is 19.3 Å². The first kappa shape index (κ1) is 15.4. The van der Waals surface area contributed by atoms with Crippen molar-refractivity contribution in [3.8, 4) is 0 Å². The minimum atomic E-state index is -3.28. The fourth-order valence-corrected chi connectivity index (χ4v) is 3.74. The first-order valence-electron chi connectivity index (χ1n) is 6.51. The molecule has 0 bridgehead atoms. The smallest absolute Gasteiger partial charge is 0.305 e. The number of methoxy groups -OCH3 is 1. The zero-order chi connectivity index (χ0) is 13.6. The fraction of sp³-hybridized carbons (Fsp3) is 0.917. The first-order chi connectivity index (χ1) is 8.44. The van der Waals surface area contributed by atoms with Gasteiger partial charge in [0.25, 0.3) is 0 Å². The van der Waals surface area contributed by atoms with Crippen molar-refractivity contribution in [1.82, 2.24) is 4.72 Å². The van der Waals surface area contributed by atoms with Crippen molar-refractivity contribution in [2.45, 2.75) is 51.5 Å². The molecule has 1 N–H and O–H groups in total. The van der Waals surface area contributed by atoms with E-state index in [2.05, 4.69) is 16.4 Å². The second kappa shape index (κ2) is 7.09. The van der Waals surface area contributed by atoms with Crippen LogP contribution in [0.3, 0.4) is 0 Å². The molecule has 1 saturated carbocycles. The Bertz CT molecular complexity index is 366. The van der Waals surface area contributed by atoms with Crippen LogP contribution in [0.5, 0.6) is 0 Å². The van der Waals surface area contributed by atoms with Gasteiger partial charge in [-0.15, -0.1) is 0 Å². The molecule has 0 radical (unpaired) electrons. The van der Waals surface area contributed by atoms with Gasteiger partial charge in [0.2, 0.25) is 10.0 Å². The van der Waals surface area contributed by atoms with Crippen molar-refractivity contribution in [2.75, 3.05) is 12.9 Å². The summed E-state index contributed by atoms with van der Waals surface area (Å²) in [4.78, 5) is 10.9. The Morgan fingerprint density at radius 1 is 1.33 bits per heavy atom. The largest absolute Gasteiger partial charge is 0.469 e. The van der Waals surface area contributed by atoms with Gasteiger partial charge in [-0.1, -0.05) is 19.8 Å². The number of rotatable bonds is 6. The molecule has 1 aliphatic carbocycles. The van der Waals surface area contributed by atoms with E-state index in [1.54, 1.807) is 0 Å². The van der Waals surface area contributed by atoms with E-state index in [1.165, 1.54) is 13.5 Å². The molecule has 2 atom stereocenters. The number of hydrogen-bond donors (Lipinski definition) is 1. The number of nitrogens with one attached hydrogen (secondary N) is 1. The number of hydrogen-bond acceptors (Lipinski definition) is 4. The summed E-state index contributed by atoms with van der Waals surface area (Å²) < 4.78 is 30.9. The predicted molar refractivity (Wildman–Crippen MR) is 69.6 cm³/mol. The zero-order valence-electron chi connectivity index (χ0n) is 11.1. The Balaban J connectivity index is 2.36. The van der Waals surface area contributed by atoms with Crippen LogP contribution in [0.15, 0.2) is 0 Å². The first-order valence-corrected chi connectivity index (χ1v) is 8.16. The minimum Gasteiger partial charge on any atom is -0.469 e. The Morgan fingerprint density at radius 3 is 2.61 bits per heavy atom. The molecule has 18 heavy (non-hydrogen) atoms. The molecule has 1 rings (SSSR count). The van der Waals surface area contributed by atoms with E-state index in [0.29, 0.717) is 12.3 Å². The summed E-state index contributed by atoms with van der Waals surface area (Å²) in [5.41, 5.74) is 0. The molecule has 0 aromatic rings. The molecular formula is C12H23NO4S. The molecule has 0 saturated heterocycles. The summed E-state index contributed by atoms with van der Waals surface area (Å²) in [5.74, 6) is 0.0241. The average Bonchev–Trinajstić information content (AvgIpc) is 2.31. The van der Waals surface area contributed by atoms with Gasteiger partial charge in [-0.25, -0.2) is 13.1 Å². The summed E-state index contributed by atoms with van der Waals surface area (Å²) in [6.45, 7) is 2.08. The molecule has 2 unspecified atom stereocenters. The van der Waals surface area contributed by atoms with E-state index in [-0.39, 0.29) is 24.2 Å². The SMILES string of the molecule is COC(=O)CCCS(=O)(=O)NC1CCCCC1C. The van der Waals surface area contributed by atoms with Crippen molar-refractivity contribution in [1.29, 1.82) is 0 Å². The van der Waals surface area contributed by atoms with Crippen molar-refractivity contribution in [2.24, 2.45) is 5.92 Å². The lowest BCUT2D eigenvalue weighted by atomic mass is 9.87. The van der Waals surface area contributed by atoms with E-state index in [9.17, 15) is 13.2 Å².